The van der Waals surface area contributed by atoms with Gasteiger partial charge in [-0.15, -0.1) is 0 Å². The van der Waals surface area contributed by atoms with E-state index in [0.29, 0.717) is 44.2 Å². The maximum Gasteiger partial charge on any atom is 0.266 e. The number of hydrogen-bond donors (Lipinski definition) is 0. The van der Waals surface area contributed by atoms with Crippen LogP contribution in [0, 0.1) is 6.92 Å². The summed E-state index contributed by atoms with van der Waals surface area (Å²) in [5.74, 6) is 1.65. The molecule has 0 amide bonds. The molecule has 0 radical (unpaired) electrons. The minimum absolute atomic E-state index is 0.192. The minimum Gasteiger partial charge on any atom is -0.495 e. The first-order valence-electron chi connectivity index (χ1n) is 10.3. The summed E-state index contributed by atoms with van der Waals surface area (Å²) in [6, 6.07) is 10.8. The third-order valence-corrected chi connectivity index (χ3v) is 6.48. The van der Waals surface area contributed by atoms with Crippen molar-refractivity contribution in [3.63, 3.8) is 0 Å². The predicted octanol–water partition coefficient (Wildman–Crippen LogP) is 5.54. The molecule has 4 aromatic rings. The maximum atomic E-state index is 13.6. The van der Waals surface area contributed by atoms with E-state index in [2.05, 4.69) is 17.1 Å². The quantitative estimate of drug-likeness (QED) is 0.259. The van der Waals surface area contributed by atoms with Gasteiger partial charge in [-0.3, -0.25) is 9.36 Å². The van der Waals surface area contributed by atoms with Crippen molar-refractivity contribution in [3.05, 3.63) is 69.1 Å². The van der Waals surface area contributed by atoms with Gasteiger partial charge in [0.25, 0.3) is 5.56 Å². The third-order valence-electron chi connectivity index (χ3n) is 5.03. The largest absolute Gasteiger partial charge is 0.495 e. The van der Waals surface area contributed by atoms with Gasteiger partial charge in [-0.05, 0) is 44.0 Å². The number of ether oxygens (including phenoxy) is 1. The molecule has 0 bridgehead atoms. The van der Waals surface area contributed by atoms with Crippen molar-refractivity contribution in [2.75, 3.05) is 7.11 Å². The number of hydrogen-bond acceptors (Lipinski definition) is 7. The molecule has 0 aliphatic rings. The van der Waals surface area contributed by atoms with Crippen LogP contribution in [0.2, 0.25) is 5.02 Å². The zero-order valence-corrected chi connectivity index (χ0v) is 19.8. The van der Waals surface area contributed by atoms with Crippen molar-refractivity contribution in [3.8, 4) is 11.4 Å². The van der Waals surface area contributed by atoms with Crippen LogP contribution in [0.25, 0.3) is 16.6 Å². The summed E-state index contributed by atoms with van der Waals surface area (Å²) in [5.41, 5.74) is 1.82. The molecule has 0 saturated carbocycles. The van der Waals surface area contributed by atoms with Gasteiger partial charge >= 0.3 is 0 Å². The van der Waals surface area contributed by atoms with E-state index in [1.165, 1.54) is 11.8 Å². The molecule has 9 heteroatoms. The van der Waals surface area contributed by atoms with Crippen LogP contribution in [0.3, 0.4) is 0 Å². The Bertz CT molecular complexity index is 1330. The third kappa shape index (κ3) is 4.25. The lowest BCUT2D eigenvalue weighted by atomic mass is 10.2. The Kier molecular flexibility index (Phi) is 6.53. The molecule has 0 saturated heterocycles. The Morgan fingerprint density at radius 3 is 2.78 bits per heavy atom. The second-order valence-electron chi connectivity index (χ2n) is 7.38. The molecule has 4 rings (SSSR count). The van der Waals surface area contributed by atoms with Crippen LogP contribution in [0.15, 0.2) is 50.9 Å². The Hall–Kier alpha value is -2.84. The van der Waals surface area contributed by atoms with Gasteiger partial charge in [-0.25, -0.2) is 4.98 Å². The highest BCUT2D eigenvalue weighted by Gasteiger charge is 2.22. The highest BCUT2D eigenvalue weighted by molar-refractivity contribution is 7.99. The van der Waals surface area contributed by atoms with E-state index < -0.39 is 0 Å². The van der Waals surface area contributed by atoms with Crippen LogP contribution >= 0.6 is 23.4 Å². The summed E-state index contributed by atoms with van der Waals surface area (Å²) in [6.45, 7) is 5.89. The van der Waals surface area contributed by atoms with Gasteiger partial charge in [0.05, 0.1) is 29.0 Å². The Labute approximate surface area is 194 Å². The number of aryl methyl sites for hydroxylation is 2. The number of nitrogens with zero attached hydrogens (tertiary/aromatic N) is 4. The fourth-order valence-corrected chi connectivity index (χ4v) is 4.46. The van der Waals surface area contributed by atoms with E-state index in [-0.39, 0.29) is 10.8 Å². The predicted molar refractivity (Wildman–Crippen MR) is 126 cm³/mol. The van der Waals surface area contributed by atoms with E-state index >= 15 is 0 Å². The second-order valence-corrected chi connectivity index (χ2v) is 9.10. The molecule has 0 N–H and O–H groups in total. The Morgan fingerprint density at radius 1 is 1.25 bits per heavy atom. The first kappa shape index (κ1) is 22.4. The normalized spacial score (nSPS) is 12.3. The number of fused-ring (bicyclic) bond motifs is 1. The van der Waals surface area contributed by atoms with Crippen molar-refractivity contribution in [1.82, 2.24) is 19.7 Å². The van der Waals surface area contributed by atoms with Crippen LogP contribution in [0.1, 0.15) is 42.8 Å². The van der Waals surface area contributed by atoms with Crippen LogP contribution in [0.5, 0.6) is 5.75 Å². The summed E-state index contributed by atoms with van der Waals surface area (Å²) in [7, 11) is 1.55. The first-order chi connectivity index (χ1) is 15.4. The van der Waals surface area contributed by atoms with Gasteiger partial charge in [0.2, 0.25) is 5.89 Å². The van der Waals surface area contributed by atoms with Crippen LogP contribution in [-0.4, -0.2) is 26.8 Å². The number of benzene rings is 2. The van der Waals surface area contributed by atoms with E-state index in [1.807, 2.05) is 38.1 Å². The number of halogens is 1. The minimum atomic E-state index is -0.216. The zero-order chi connectivity index (χ0) is 22.8. The lowest BCUT2D eigenvalue weighted by molar-refractivity contribution is 0.374. The summed E-state index contributed by atoms with van der Waals surface area (Å²) in [4.78, 5) is 22.9. The molecular formula is C23H23ClN4O3S. The standard InChI is InChI=1S/C23H23ClN4O3S/c1-5-8-20-26-21(31-27-20)14(3)32-23-25-17-10-7-6-9-15(17)22(29)28(23)18-11-13(2)16(24)12-19(18)30-4/h6-7,9-12,14H,5,8H2,1-4H3. The van der Waals surface area contributed by atoms with E-state index in [0.717, 1.165) is 18.4 Å². The topological polar surface area (TPSA) is 83.0 Å². The number of para-hydroxylation sites is 1. The molecule has 7 nitrogen and oxygen atoms in total. The van der Waals surface area contributed by atoms with Crippen molar-refractivity contribution in [2.24, 2.45) is 0 Å². The molecule has 0 aliphatic carbocycles. The van der Waals surface area contributed by atoms with Gasteiger partial charge in [0.1, 0.15) is 5.75 Å². The number of rotatable bonds is 7. The second kappa shape index (κ2) is 9.34. The van der Waals surface area contributed by atoms with Crippen LogP contribution in [0.4, 0.5) is 0 Å². The molecule has 1 unspecified atom stereocenters. The molecular weight excluding hydrogens is 448 g/mol. The van der Waals surface area contributed by atoms with E-state index in [4.69, 9.17) is 25.8 Å². The first-order valence-corrected chi connectivity index (χ1v) is 11.5. The van der Waals surface area contributed by atoms with Crippen molar-refractivity contribution >= 4 is 34.3 Å². The average Bonchev–Trinajstić information content (AvgIpc) is 3.25. The van der Waals surface area contributed by atoms with Crippen LogP contribution in [-0.2, 0) is 6.42 Å². The summed E-state index contributed by atoms with van der Waals surface area (Å²) >= 11 is 7.68. The highest BCUT2D eigenvalue weighted by Crippen LogP contribution is 2.37. The fraction of sp³-hybridized carbons (Fsp3) is 0.304. The molecule has 0 spiro atoms. The fourth-order valence-electron chi connectivity index (χ4n) is 3.36. The lowest BCUT2D eigenvalue weighted by Gasteiger charge is -2.18. The van der Waals surface area contributed by atoms with Gasteiger partial charge in [0, 0.05) is 17.5 Å². The van der Waals surface area contributed by atoms with Gasteiger partial charge in [-0.2, -0.15) is 4.98 Å². The molecule has 166 valence electrons. The monoisotopic (exact) mass is 470 g/mol. The van der Waals surface area contributed by atoms with Crippen molar-refractivity contribution in [1.29, 1.82) is 0 Å². The number of aromatic nitrogens is 4. The zero-order valence-electron chi connectivity index (χ0n) is 18.3. The number of methoxy groups -OCH3 is 1. The molecule has 0 aliphatic heterocycles. The maximum absolute atomic E-state index is 13.6. The molecule has 32 heavy (non-hydrogen) atoms. The Morgan fingerprint density at radius 2 is 2.03 bits per heavy atom. The Balaban J connectivity index is 1.88. The smallest absolute Gasteiger partial charge is 0.266 e. The van der Waals surface area contributed by atoms with Crippen molar-refractivity contribution in [2.45, 2.75) is 44.0 Å². The van der Waals surface area contributed by atoms with Gasteiger partial charge < -0.3 is 9.26 Å². The summed E-state index contributed by atoms with van der Waals surface area (Å²) < 4.78 is 12.6. The SMILES string of the molecule is CCCc1noc(C(C)Sc2nc3ccccc3c(=O)n2-c2cc(C)c(Cl)cc2OC)n1. The summed E-state index contributed by atoms with van der Waals surface area (Å²) in [6.07, 6.45) is 1.68. The lowest BCUT2D eigenvalue weighted by Crippen LogP contribution is -2.22. The van der Waals surface area contributed by atoms with Crippen molar-refractivity contribution < 1.29 is 9.26 Å². The highest BCUT2D eigenvalue weighted by atomic mass is 35.5. The summed E-state index contributed by atoms with van der Waals surface area (Å²) in [5, 5.41) is 5.40. The average molecular weight is 471 g/mol. The molecule has 2 heterocycles. The molecule has 0 fully saturated rings. The molecule has 2 aromatic heterocycles. The molecule has 2 aromatic carbocycles. The van der Waals surface area contributed by atoms with E-state index in [1.54, 1.807) is 23.8 Å². The van der Waals surface area contributed by atoms with Gasteiger partial charge in [-0.1, -0.05) is 47.6 Å². The number of thioether (sulfide) groups is 1. The van der Waals surface area contributed by atoms with Crippen LogP contribution < -0.4 is 10.3 Å². The molecule has 1 atom stereocenters. The van der Waals surface area contributed by atoms with Gasteiger partial charge in [0.15, 0.2) is 11.0 Å². The van der Waals surface area contributed by atoms with E-state index in [9.17, 15) is 4.79 Å².